The van der Waals surface area contributed by atoms with Crippen LogP contribution < -0.4 is 4.74 Å². The van der Waals surface area contributed by atoms with Crippen LogP contribution in [-0.4, -0.2) is 44.2 Å². The number of hydrogen-bond acceptors (Lipinski definition) is 8. The van der Waals surface area contributed by atoms with Crippen molar-refractivity contribution in [2.24, 2.45) is 5.41 Å². The van der Waals surface area contributed by atoms with Crippen LogP contribution in [0.1, 0.15) is 20.3 Å². The van der Waals surface area contributed by atoms with Gasteiger partial charge in [0.2, 0.25) is 0 Å². The maximum absolute atomic E-state index is 12.8. The van der Waals surface area contributed by atoms with Gasteiger partial charge in [0.05, 0.1) is 20.3 Å². The van der Waals surface area contributed by atoms with Crippen molar-refractivity contribution < 1.29 is 38.1 Å². The van der Waals surface area contributed by atoms with Crippen LogP contribution in [0, 0.1) is 5.41 Å². The Labute approximate surface area is 157 Å². The third kappa shape index (κ3) is 5.16. The summed E-state index contributed by atoms with van der Waals surface area (Å²) in [4.78, 5) is 49.7. The van der Waals surface area contributed by atoms with E-state index in [2.05, 4.69) is 16.1 Å². The Morgan fingerprint density at radius 1 is 0.963 bits per heavy atom. The number of esters is 4. The predicted molar refractivity (Wildman–Crippen MR) is 93.5 cm³/mol. The van der Waals surface area contributed by atoms with E-state index in [9.17, 15) is 19.2 Å². The lowest BCUT2D eigenvalue weighted by molar-refractivity contribution is -0.177. The number of para-hydroxylation sites is 1. The number of hydrogen-bond donors (Lipinski definition) is 0. The molecule has 0 spiro atoms. The highest BCUT2D eigenvalue weighted by Crippen LogP contribution is 2.32. The number of rotatable bonds is 8. The first-order valence-electron chi connectivity index (χ1n) is 8.02. The van der Waals surface area contributed by atoms with Crippen molar-refractivity contribution in [1.82, 2.24) is 0 Å². The highest BCUT2D eigenvalue weighted by Gasteiger charge is 2.58. The molecule has 8 nitrogen and oxygen atoms in total. The molecule has 1 rings (SSSR count). The second-order valence-corrected chi connectivity index (χ2v) is 5.83. The van der Waals surface area contributed by atoms with Crippen molar-refractivity contribution in [2.75, 3.05) is 14.2 Å². The second-order valence-electron chi connectivity index (χ2n) is 5.83. The summed E-state index contributed by atoms with van der Waals surface area (Å²) >= 11 is 0. The number of ether oxygens (including phenoxy) is 4. The van der Waals surface area contributed by atoms with E-state index in [1.807, 2.05) is 0 Å². The molecule has 1 aromatic rings. The highest BCUT2D eigenvalue weighted by molar-refractivity contribution is 6.19. The molecule has 1 aromatic carbocycles. The minimum Gasteiger partial charge on any atom is -0.468 e. The van der Waals surface area contributed by atoms with Crippen LogP contribution in [0.3, 0.4) is 0 Å². The molecule has 0 aliphatic carbocycles. The average molecular weight is 378 g/mol. The quantitative estimate of drug-likeness (QED) is 0.222. The zero-order chi connectivity index (χ0) is 20.6. The van der Waals surface area contributed by atoms with Crippen LogP contribution in [-0.2, 0) is 33.4 Å². The first-order chi connectivity index (χ1) is 12.7. The molecule has 0 radical (unpaired) electrons. The summed E-state index contributed by atoms with van der Waals surface area (Å²) < 4.78 is 19.4. The van der Waals surface area contributed by atoms with Crippen LogP contribution in [0.4, 0.5) is 0 Å². The molecule has 8 heteroatoms. The van der Waals surface area contributed by atoms with E-state index >= 15 is 0 Å². The molecule has 27 heavy (non-hydrogen) atoms. The minimum absolute atomic E-state index is 0.0926. The van der Waals surface area contributed by atoms with Gasteiger partial charge in [0.1, 0.15) is 5.75 Å². The van der Waals surface area contributed by atoms with Gasteiger partial charge in [-0.3, -0.25) is 9.59 Å². The Morgan fingerprint density at radius 3 is 1.93 bits per heavy atom. The summed E-state index contributed by atoms with van der Waals surface area (Å²) in [6.45, 7) is 6.75. The first kappa shape index (κ1) is 21.9. The Morgan fingerprint density at radius 2 is 1.48 bits per heavy atom. The Hall–Kier alpha value is -3.16. The molecule has 0 bridgehead atoms. The van der Waals surface area contributed by atoms with Crippen LogP contribution in [0.15, 0.2) is 42.5 Å². The monoisotopic (exact) mass is 378 g/mol. The van der Waals surface area contributed by atoms with E-state index < -0.39 is 41.8 Å². The molecule has 0 aliphatic rings. The normalized spacial score (nSPS) is 10.7. The smallest absolute Gasteiger partial charge is 0.340 e. The largest absolute Gasteiger partial charge is 0.468 e. The summed E-state index contributed by atoms with van der Waals surface area (Å²) in [5, 5.41) is 0. The molecule has 0 unspecified atom stereocenters. The SMILES string of the molecule is C=C(CC(C(=O)OC)(C(=O)OC)C(=O)Oc1ccccc1)C(=O)OC(C)C. The molecule has 0 atom stereocenters. The van der Waals surface area contributed by atoms with Gasteiger partial charge < -0.3 is 18.9 Å². The molecule has 0 amide bonds. The second kappa shape index (κ2) is 9.51. The first-order valence-corrected chi connectivity index (χ1v) is 8.02. The number of carbonyl (C=O) groups is 4. The fraction of sp³-hybridized carbons (Fsp3) is 0.368. The van der Waals surface area contributed by atoms with Gasteiger partial charge in [-0.15, -0.1) is 0 Å². The molecule has 0 aromatic heterocycles. The minimum atomic E-state index is -2.56. The summed E-state index contributed by atoms with van der Waals surface area (Å²) in [5.74, 6) is -4.52. The topological polar surface area (TPSA) is 105 Å². The molecule has 0 saturated carbocycles. The third-order valence-electron chi connectivity index (χ3n) is 3.48. The fourth-order valence-corrected chi connectivity index (χ4v) is 2.19. The summed E-state index contributed by atoms with van der Waals surface area (Å²) in [6, 6.07) is 7.80. The van der Waals surface area contributed by atoms with Gasteiger partial charge in [-0.1, -0.05) is 24.8 Å². The van der Waals surface area contributed by atoms with Crippen LogP contribution in [0.2, 0.25) is 0 Å². The van der Waals surface area contributed by atoms with E-state index in [1.165, 1.54) is 12.1 Å². The maximum atomic E-state index is 12.8. The van der Waals surface area contributed by atoms with Gasteiger partial charge in [-0.05, 0) is 26.0 Å². The van der Waals surface area contributed by atoms with Crippen molar-refractivity contribution in [2.45, 2.75) is 26.4 Å². The van der Waals surface area contributed by atoms with Gasteiger partial charge in [0, 0.05) is 12.0 Å². The van der Waals surface area contributed by atoms with Gasteiger partial charge >= 0.3 is 23.9 Å². The van der Waals surface area contributed by atoms with E-state index in [0.29, 0.717) is 0 Å². The van der Waals surface area contributed by atoms with E-state index in [-0.39, 0.29) is 11.3 Å². The zero-order valence-corrected chi connectivity index (χ0v) is 15.6. The van der Waals surface area contributed by atoms with E-state index in [1.54, 1.807) is 32.0 Å². The van der Waals surface area contributed by atoms with E-state index in [4.69, 9.17) is 9.47 Å². The molecular formula is C19H22O8. The maximum Gasteiger partial charge on any atom is 0.340 e. The Kier molecular flexibility index (Phi) is 7.71. The van der Waals surface area contributed by atoms with Crippen molar-refractivity contribution in [3.05, 3.63) is 42.5 Å². The lowest BCUT2D eigenvalue weighted by Gasteiger charge is -2.26. The summed E-state index contributed by atoms with van der Waals surface area (Å²) in [6.07, 6.45) is -1.18. The van der Waals surface area contributed by atoms with Crippen molar-refractivity contribution in [1.29, 1.82) is 0 Å². The standard InChI is InChI=1S/C19H22O8/c1-12(2)26-15(20)13(3)11-19(16(21)24-4,17(22)25-5)18(23)27-14-9-7-6-8-10-14/h6-10,12H,3,11H2,1-2,4-5H3. The van der Waals surface area contributed by atoms with Gasteiger partial charge in [0.25, 0.3) is 5.41 Å². The third-order valence-corrected chi connectivity index (χ3v) is 3.48. The Bertz CT molecular complexity index is 704. The molecular weight excluding hydrogens is 356 g/mol. The summed E-state index contributed by atoms with van der Waals surface area (Å²) in [5.41, 5.74) is -2.85. The van der Waals surface area contributed by atoms with Gasteiger partial charge in [-0.25, -0.2) is 9.59 Å². The molecule has 0 N–H and O–H groups in total. The predicted octanol–water partition coefficient (Wildman–Crippen LogP) is 1.82. The highest BCUT2D eigenvalue weighted by atomic mass is 16.6. The zero-order valence-electron chi connectivity index (χ0n) is 15.6. The molecule has 0 saturated heterocycles. The van der Waals surface area contributed by atoms with Crippen LogP contribution >= 0.6 is 0 Å². The van der Waals surface area contributed by atoms with Crippen LogP contribution in [0.5, 0.6) is 5.75 Å². The number of methoxy groups -OCH3 is 2. The molecule has 0 aliphatic heterocycles. The Balaban J connectivity index is 3.30. The van der Waals surface area contributed by atoms with Gasteiger partial charge in [-0.2, -0.15) is 0 Å². The number of carbonyl (C=O) groups excluding carboxylic acids is 4. The van der Waals surface area contributed by atoms with E-state index in [0.717, 1.165) is 14.2 Å². The van der Waals surface area contributed by atoms with Crippen LogP contribution in [0.25, 0.3) is 0 Å². The molecule has 146 valence electrons. The van der Waals surface area contributed by atoms with Gasteiger partial charge in [0.15, 0.2) is 0 Å². The lowest BCUT2D eigenvalue weighted by atomic mass is 9.81. The van der Waals surface area contributed by atoms with Crippen molar-refractivity contribution >= 4 is 23.9 Å². The molecule has 0 heterocycles. The fourth-order valence-electron chi connectivity index (χ4n) is 2.19. The summed E-state index contributed by atoms with van der Waals surface area (Å²) in [7, 11) is 1.98. The average Bonchev–Trinajstić information content (AvgIpc) is 2.64. The number of benzene rings is 1. The lowest BCUT2D eigenvalue weighted by Crippen LogP contribution is -2.50. The van der Waals surface area contributed by atoms with Crippen molar-refractivity contribution in [3.63, 3.8) is 0 Å². The van der Waals surface area contributed by atoms with Crippen molar-refractivity contribution in [3.8, 4) is 5.75 Å². The molecule has 0 fully saturated rings.